The number of ether oxygens (including phenoxy) is 1. The number of halogens is 3. The number of aromatic nitrogens is 2. The van der Waals surface area contributed by atoms with Crippen molar-refractivity contribution >= 4 is 23.3 Å². The Morgan fingerprint density at radius 1 is 1.20 bits per heavy atom. The molecule has 2 aromatic heterocycles. The summed E-state index contributed by atoms with van der Waals surface area (Å²) in [6.07, 6.45) is -1.07. The fourth-order valence-corrected chi connectivity index (χ4v) is 2.86. The maximum atomic E-state index is 12.7. The van der Waals surface area contributed by atoms with Gasteiger partial charge in [-0.25, -0.2) is 13.8 Å². The molecule has 0 aliphatic rings. The van der Waals surface area contributed by atoms with Crippen LogP contribution in [0, 0.1) is 12.8 Å². The Morgan fingerprint density at radius 2 is 1.90 bits per heavy atom. The second-order valence-electron chi connectivity index (χ2n) is 7.24. The Hall–Kier alpha value is -2.61. The molecule has 30 heavy (non-hydrogen) atoms. The lowest BCUT2D eigenvalue weighted by molar-refractivity contribution is -0.121. The van der Waals surface area contributed by atoms with Crippen LogP contribution in [0.5, 0.6) is 5.88 Å². The Kier molecular flexibility index (Phi) is 8.23. The van der Waals surface area contributed by atoms with E-state index in [1.54, 1.807) is 26.0 Å². The third-order valence-electron chi connectivity index (χ3n) is 4.29. The average Bonchev–Trinajstić information content (AvgIpc) is 2.66. The highest BCUT2D eigenvalue weighted by atomic mass is 35.5. The second-order valence-corrected chi connectivity index (χ2v) is 7.65. The molecular formula is C21H24ClF2N3O3. The number of ketones is 1. The fourth-order valence-electron chi connectivity index (χ4n) is 2.63. The quantitative estimate of drug-likeness (QED) is 0.628. The van der Waals surface area contributed by atoms with Crippen LogP contribution in [0.15, 0.2) is 24.4 Å². The predicted molar refractivity (Wildman–Crippen MR) is 109 cm³/mol. The van der Waals surface area contributed by atoms with Crippen LogP contribution < -0.4 is 10.1 Å². The van der Waals surface area contributed by atoms with Crippen LogP contribution in [0.25, 0.3) is 0 Å². The Labute approximate surface area is 179 Å². The van der Waals surface area contributed by atoms with Gasteiger partial charge in [0, 0.05) is 35.5 Å². The molecule has 0 aliphatic heterocycles. The summed E-state index contributed by atoms with van der Waals surface area (Å²) in [7, 11) is 0. The molecule has 1 N–H and O–H groups in total. The molecule has 1 atom stereocenters. The summed E-state index contributed by atoms with van der Waals surface area (Å²) >= 11 is 6.04. The molecule has 0 saturated carbocycles. The average molecular weight is 440 g/mol. The van der Waals surface area contributed by atoms with Gasteiger partial charge >= 0.3 is 0 Å². The van der Waals surface area contributed by atoms with Gasteiger partial charge < -0.3 is 10.1 Å². The molecule has 0 fully saturated rings. The molecule has 0 aromatic carbocycles. The van der Waals surface area contributed by atoms with Gasteiger partial charge in [0.1, 0.15) is 10.8 Å². The zero-order chi connectivity index (χ0) is 22.4. The first-order valence-electron chi connectivity index (χ1n) is 9.44. The molecule has 0 bridgehead atoms. The number of aryl methyl sites for hydroxylation is 1. The molecule has 0 aliphatic carbocycles. The van der Waals surface area contributed by atoms with E-state index in [0.717, 1.165) is 0 Å². The first-order chi connectivity index (χ1) is 14.1. The van der Waals surface area contributed by atoms with Gasteiger partial charge in [0.05, 0.1) is 6.04 Å². The monoisotopic (exact) mass is 439 g/mol. The normalized spacial score (nSPS) is 12.2. The van der Waals surface area contributed by atoms with Crippen molar-refractivity contribution in [3.05, 3.63) is 51.9 Å². The van der Waals surface area contributed by atoms with E-state index in [4.69, 9.17) is 16.3 Å². The first-order valence-corrected chi connectivity index (χ1v) is 9.82. The molecule has 0 saturated heterocycles. The van der Waals surface area contributed by atoms with Crippen LogP contribution in [0.4, 0.5) is 8.78 Å². The van der Waals surface area contributed by atoms with Crippen LogP contribution in [0.1, 0.15) is 54.1 Å². The standard InChI is InChI=1S/C21H24ClF2N3O3/c1-11(2)18(28)8-16-6-14(5-12(3)26-16)20(29)27-13(4)15-7-17(22)21(25-9-15)30-10-19(23)24/h5-7,9,11,13,19H,8,10H2,1-4H3,(H,27,29). The predicted octanol–water partition coefficient (Wildman–Crippen LogP) is 4.34. The van der Waals surface area contributed by atoms with Crippen molar-refractivity contribution in [1.82, 2.24) is 15.3 Å². The van der Waals surface area contributed by atoms with Gasteiger partial charge in [0.2, 0.25) is 5.88 Å². The topological polar surface area (TPSA) is 81.2 Å². The smallest absolute Gasteiger partial charge is 0.272 e. The number of rotatable bonds is 9. The molecular weight excluding hydrogens is 416 g/mol. The number of amides is 1. The molecule has 1 unspecified atom stereocenters. The third-order valence-corrected chi connectivity index (χ3v) is 4.56. The maximum absolute atomic E-state index is 12.7. The number of nitrogens with one attached hydrogen (secondary N) is 1. The highest BCUT2D eigenvalue weighted by Crippen LogP contribution is 2.25. The van der Waals surface area contributed by atoms with E-state index in [2.05, 4.69) is 15.3 Å². The second kappa shape index (κ2) is 10.4. The minimum atomic E-state index is -2.63. The van der Waals surface area contributed by atoms with Crippen molar-refractivity contribution in [2.75, 3.05) is 6.61 Å². The van der Waals surface area contributed by atoms with Gasteiger partial charge in [-0.2, -0.15) is 0 Å². The van der Waals surface area contributed by atoms with Gasteiger partial charge in [-0.15, -0.1) is 0 Å². The molecule has 9 heteroatoms. The van der Waals surface area contributed by atoms with E-state index >= 15 is 0 Å². The summed E-state index contributed by atoms with van der Waals surface area (Å²) in [5, 5.41) is 2.90. The van der Waals surface area contributed by atoms with Gasteiger partial charge in [-0.05, 0) is 37.6 Å². The van der Waals surface area contributed by atoms with Gasteiger partial charge in [-0.1, -0.05) is 25.4 Å². The third kappa shape index (κ3) is 6.73. The van der Waals surface area contributed by atoms with Crippen molar-refractivity contribution in [3.8, 4) is 5.88 Å². The van der Waals surface area contributed by atoms with Gasteiger partial charge in [0.15, 0.2) is 6.61 Å². The van der Waals surface area contributed by atoms with Crippen LogP contribution in [0.3, 0.4) is 0 Å². The Balaban J connectivity index is 2.11. The summed E-state index contributed by atoms with van der Waals surface area (Å²) in [5.74, 6) is -0.513. The summed E-state index contributed by atoms with van der Waals surface area (Å²) in [5.41, 5.74) is 2.14. The highest BCUT2D eigenvalue weighted by molar-refractivity contribution is 6.31. The lowest BCUT2D eigenvalue weighted by atomic mass is 10.0. The molecule has 162 valence electrons. The molecule has 2 heterocycles. The SMILES string of the molecule is Cc1cc(C(=O)NC(C)c2cnc(OCC(F)F)c(Cl)c2)cc(CC(=O)C(C)C)n1. The molecule has 6 nitrogen and oxygen atoms in total. The van der Waals surface area contributed by atoms with Crippen molar-refractivity contribution in [3.63, 3.8) is 0 Å². The van der Waals surface area contributed by atoms with E-state index < -0.39 is 19.1 Å². The van der Waals surface area contributed by atoms with Crippen LogP contribution in [-0.4, -0.2) is 34.7 Å². The minimum Gasteiger partial charge on any atom is -0.471 e. The minimum absolute atomic E-state index is 0.0442. The molecule has 0 spiro atoms. The maximum Gasteiger partial charge on any atom is 0.272 e. The van der Waals surface area contributed by atoms with Gasteiger partial charge in [0.25, 0.3) is 12.3 Å². The van der Waals surface area contributed by atoms with E-state index in [0.29, 0.717) is 22.5 Å². The number of alkyl halides is 2. The number of hydrogen-bond donors (Lipinski definition) is 1. The van der Waals surface area contributed by atoms with Crippen LogP contribution >= 0.6 is 11.6 Å². The summed E-state index contributed by atoms with van der Waals surface area (Å²) in [6.45, 7) is 6.32. The lowest BCUT2D eigenvalue weighted by Gasteiger charge is -2.16. The molecule has 2 rings (SSSR count). The largest absolute Gasteiger partial charge is 0.471 e. The summed E-state index contributed by atoms with van der Waals surface area (Å²) in [6, 6.07) is 4.28. The zero-order valence-corrected chi connectivity index (χ0v) is 18.0. The number of carbonyl (C=O) groups excluding carboxylic acids is 2. The van der Waals surface area contributed by atoms with Gasteiger partial charge in [-0.3, -0.25) is 14.6 Å². The van der Waals surface area contributed by atoms with Crippen LogP contribution in [0.2, 0.25) is 5.02 Å². The molecule has 0 radical (unpaired) electrons. The number of nitrogens with zero attached hydrogens (tertiary/aromatic N) is 2. The highest BCUT2D eigenvalue weighted by Gasteiger charge is 2.17. The Morgan fingerprint density at radius 3 is 2.50 bits per heavy atom. The molecule has 1 amide bonds. The van der Waals surface area contributed by atoms with E-state index in [-0.39, 0.29) is 34.9 Å². The van der Waals surface area contributed by atoms with E-state index in [1.807, 2.05) is 13.8 Å². The number of Topliss-reactive ketones (excluding diaryl/α,β-unsaturated/α-hetero) is 1. The summed E-state index contributed by atoms with van der Waals surface area (Å²) in [4.78, 5) is 33.0. The number of carbonyl (C=O) groups is 2. The van der Waals surface area contributed by atoms with E-state index in [1.165, 1.54) is 12.3 Å². The zero-order valence-electron chi connectivity index (χ0n) is 17.2. The van der Waals surface area contributed by atoms with Crippen molar-refractivity contribution in [2.24, 2.45) is 5.92 Å². The van der Waals surface area contributed by atoms with E-state index in [9.17, 15) is 18.4 Å². The van der Waals surface area contributed by atoms with Crippen molar-refractivity contribution in [1.29, 1.82) is 0 Å². The van der Waals surface area contributed by atoms with Crippen LogP contribution in [-0.2, 0) is 11.2 Å². The molecule has 2 aromatic rings. The number of hydrogen-bond acceptors (Lipinski definition) is 5. The Bertz CT molecular complexity index is 922. The van der Waals surface area contributed by atoms with Crippen molar-refractivity contribution in [2.45, 2.75) is 46.6 Å². The summed E-state index contributed by atoms with van der Waals surface area (Å²) < 4.78 is 29.4. The van der Waals surface area contributed by atoms with Crippen molar-refractivity contribution < 1.29 is 23.1 Å². The lowest BCUT2D eigenvalue weighted by Crippen LogP contribution is -2.27. The first kappa shape index (κ1) is 23.7. The fraction of sp³-hybridized carbons (Fsp3) is 0.429. The number of pyridine rings is 2.